The van der Waals surface area contributed by atoms with Crippen molar-refractivity contribution in [2.75, 3.05) is 0 Å². The van der Waals surface area contributed by atoms with E-state index in [0.717, 1.165) is 19.3 Å². The molecule has 16 heavy (non-hydrogen) atoms. The first-order valence-corrected chi connectivity index (χ1v) is 6.31. The van der Waals surface area contributed by atoms with Gasteiger partial charge in [-0.2, -0.15) is 0 Å². The fraction of sp³-hybridized carbons (Fsp3) is 1.00. The second-order valence-electron chi connectivity index (χ2n) is 5.18. The molecule has 94 valence electrons. The first-order chi connectivity index (χ1) is 7.61. The van der Waals surface area contributed by atoms with Gasteiger partial charge in [-0.15, -0.1) is 0 Å². The molecular weight excluding hydrogens is 208 g/mol. The van der Waals surface area contributed by atoms with E-state index in [0.29, 0.717) is 12.8 Å². The highest BCUT2D eigenvalue weighted by molar-refractivity contribution is 4.93. The topological polar surface area (TPSA) is 69.9 Å². The maximum atomic E-state index is 9.94. The highest BCUT2D eigenvalue weighted by Crippen LogP contribution is 2.37. The molecule has 2 fully saturated rings. The van der Waals surface area contributed by atoms with Gasteiger partial charge in [0.1, 0.15) is 6.10 Å². The molecule has 4 heteroatoms. The van der Waals surface area contributed by atoms with Gasteiger partial charge in [0, 0.05) is 6.42 Å². The molecule has 1 aliphatic carbocycles. The fourth-order valence-electron chi connectivity index (χ4n) is 2.56. The lowest BCUT2D eigenvalue weighted by Gasteiger charge is -2.21. The average Bonchev–Trinajstić information content (AvgIpc) is 2.75. The molecule has 2 aliphatic rings. The van der Waals surface area contributed by atoms with Crippen LogP contribution in [0.1, 0.15) is 39.0 Å². The van der Waals surface area contributed by atoms with E-state index < -0.39 is 18.3 Å². The molecule has 0 aromatic heterocycles. The van der Waals surface area contributed by atoms with Crippen molar-refractivity contribution < 1.29 is 20.1 Å². The van der Waals surface area contributed by atoms with E-state index in [9.17, 15) is 15.3 Å². The highest BCUT2D eigenvalue weighted by Gasteiger charge is 2.43. The van der Waals surface area contributed by atoms with Crippen LogP contribution in [0.5, 0.6) is 0 Å². The number of ether oxygens (including phenoxy) is 1. The first kappa shape index (κ1) is 12.3. The molecule has 1 saturated carbocycles. The monoisotopic (exact) mass is 230 g/mol. The number of rotatable bonds is 5. The minimum absolute atomic E-state index is 0.0868. The van der Waals surface area contributed by atoms with E-state index in [1.54, 1.807) is 0 Å². The lowest BCUT2D eigenvalue weighted by Crippen LogP contribution is -2.35. The number of hydrogen-bond acceptors (Lipinski definition) is 4. The van der Waals surface area contributed by atoms with Crippen molar-refractivity contribution in [1.82, 2.24) is 0 Å². The summed E-state index contributed by atoms with van der Waals surface area (Å²) in [5.74, 6) is 0.205. The second-order valence-corrected chi connectivity index (χ2v) is 5.18. The summed E-state index contributed by atoms with van der Waals surface area (Å²) in [6.45, 7) is 2.08. The summed E-state index contributed by atoms with van der Waals surface area (Å²) < 4.78 is 5.66. The Morgan fingerprint density at radius 1 is 1.25 bits per heavy atom. The SMILES string of the molecule is CCC[C@@H]1C[C@@H](O)[C@H]([C@H](O)C[C@@H]2C[C@H]2O)O1. The molecule has 0 amide bonds. The normalized spacial score (nSPS) is 44.6. The quantitative estimate of drug-likeness (QED) is 0.641. The van der Waals surface area contributed by atoms with Crippen molar-refractivity contribution >= 4 is 0 Å². The van der Waals surface area contributed by atoms with Crippen molar-refractivity contribution in [1.29, 1.82) is 0 Å². The minimum atomic E-state index is -0.640. The summed E-state index contributed by atoms with van der Waals surface area (Å²) >= 11 is 0. The maximum absolute atomic E-state index is 9.94. The van der Waals surface area contributed by atoms with E-state index in [-0.39, 0.29) is 18.1 Å². The molecule has 1 aliphatic heterocycles. The summed E-state index contributed by atoms with van der Waals surface area (Å²) in [5.41, 5.74) is 0. The predicted octanol–water partition coefficient (Wildman–Crippen LogP) is 0.437. The van der Waals surface area contributed by atoms with Crippen LogP contribution in [0.15, 0.2) is 0 Å². The Bertz CT molecular complexity index is 233. The molecule has 0 spiro atoms. The minimum Gasteiger partial charge on any atom is -0.393 e. The second kappa shape index (κ2) is 5.00. The van der Waals surface area contributed by atoms with Crippen LogP contribution in [0.4, 0.5) is 0 Å². The lowest BCUT2D eigenvalue weighted by atomic mass is 10.0. The maximum Gasteiger partial charge on any atom is 0.110 e. The summed E-state index contributed by atoms with van der Waals surface area (Å²) in [7, 11) is 0. The molecule has 1 heterocycles. The van der Waals surface area contributed by atoms with Crippen LogP contribution in [-0.4, -0.2) is 45.8 Å². The van der Waals surface area contributed by atoms with Gasteiger partial charge in [0.2, 0.25) is 0 Å². The van der Waals surface area contributed by atoms with Crippen molar-refractivity contribution in [3.63, 3.8) is 0 Å². The Morgan fingerprint density at radius 2 is 1.94 bits per heavy atom. The zero-order chi connectivity index (χ0) is 11.7. The van der Waals surface area contributed by atoms with Crippen molar-refractivity contribution in [2.24, 2.45) is 5.92 Å². The van der Waals surface area contributed by atoms with Crippen LogP contribution >= 0.6 is 0 Å². The van der Waals surface area contributed by atoms with Crippen molar-refractivity contribution in [3.8, 4) is 0 Å². The summed E-state index contributed by atoms with van der Waals surface area (Å²) in [6.07, 6.45) is 2.10. The van der Waals surface area contributed by atoms with Crippen LogP contribution in [-0.2, 0) is 4.74 Å². The fourth-order valence-corrected chi connectivity index (χ4v) is 2.56. The Morgan fingerprint density at radius 3 is 2.50 bits per heavy atom. The number of hydrogen-bond donors (Lipinski definition) is 3. The van der Waals surface area contributed by atoms with Gasteiger partial charge in [0.25, 0.3) is 0 Å². The van der Waals surface area contributed by atoms with Crippen LogP contribution in [0.25, 0.3) is 0 Å². The van der Waals surface area contributed by atoms with Gasteiger partial charge in [-0.1, -0.05) is 13.3 Å². The zero-order valence-corrected chi connectivity index (χ0v) is 9.75. The molecule has 4 nitrogen and oxygen atoms in total. The molecule has 3 N–H and O–H groups in total. The van der Waals surface area contributed by atoms with Crippen LogP contribution in [0.2, 0.25) is 0 Å². The van der Waals surface area contributed by atoms with Crippen LogP contribution in [0, 0.1) is 5.92 Å². The van der Waals surface area contributed by atoms with E-state index >= 15 is 0 Å². The molecule has 0 bridgehead atoms. The standard InChI is InChI=1S/C12H22O4/c1-2-3-8-6-11(15)12(16-8)10(14)5-7-4-9(7)13/h7-15H,2-6H2,1H3/t7-,8+,9+,10+,11+,12-/m0/s1. The third kappa shape index (κ3) is 2.74. The molecular formula is C12H22O4. The molecule has 0 aromatic carbocycles. The Labute approximate surface area is 96.2 Å². The predicted molar refractivity (Wildman–Crippen MR) is 58.9 cm³/mol. The lowest BCUT2D eigenvalue weighted by molar-refractivity contribution is -0.0714. The van der Waals surface area contributed by atoms with E-state index in [4.69, 9.17) is 4.74 Å². The molecule has 6 atom stereocenters. The van der Waals surface area contributed by atoms with Crippen molar-refractivity contribution in [2.45, 2.75) is 69.5 Å². The molecule has 0 radical (unpaired) electrons. The van der Waals surface area contributed by atoms with Gasteiger partial charge < -0.3 is 20.1 Å². The van der Waals surface area contributed by atoms with Gasteiger partial charge in [-0.3, -0.25) is 0 Å². The zero-order valence-electron chi connectivity index (χ0n) is 9.75. The van der Waals surface area contributed by atoms with Gasteiger partial charge in [-0.05, 0) is 25.2 Å². The average molecular weight is 230 g/mol. The van der Waals surface area contributed by atoms with E-state index in [2.05, 4.69) is 6.92 Å². The first-order valence-electron chi connectivity index (χ1n) is 6.31. The third-order valence-corrected chi connectivity index (χ3v) is 3.65. The summed E-state index contributed by atoms with van der Waals surface area (Å²) in [6, 6.07) is 0. The van der Waals surface area contributed by atoms with Crippen LogP contribution < -0.4 is 0 Å². The van der Waals surface area contributed by atoms with E-state index in [1.165, 1.54) is 0 Å². The number of aliphatic hydroxyl groups excluding tert-OH is 3. The summed E-state index contributed by atoms with van der Waals surface area (Å²) in [4.78, 5) is 0. The van der Waals surface area contributed by atoms with Gasteiger partial charge in [0.05, 0.1) is 24.4 Å². The van der Waals surface area contributed by atoms with Gasteiger partial charge >= 0.3 is 0 Å². The summed E-state index contributed by atoms with van der Waals surface area (Å²) in [5, 5.41) is 29.0. The highest BCUT2D eigenvalue weighted by atomic mass is 16.5. The Balaban J connectivity index is 1.79. The Hall–Kier alpha value is -0.160. The van der Waals surface area contributed by atoms with Crippen molar-refractivity contribution in [3.05, 3.63) is 0 Å². The molecule has 2 rings (SSSR count). The third-order valence-electron chi connectivity index (χ3n) is 3.65. The van der Waals surface area contributed by atoms with Gasteiger partial charge in [0.15, 0.2) is 0 Å². The largest absolute Gasteiger partial charge is 0.393 e. The number of aliphatic hydroxyl groups is 3. The molecule has 0 aromatic rings. The molecule has 1 saturated heterocycles. The van der Waals surface area contributed by atoms with E-state index in [1.807, 2.05) is 0 Å². The van der Waals surface area contributed by atoms with Gasteiger partial charge in [-0.25, -0.2) is 0 Å². The smallest absolute Gasteiger partial charge is 0.110 e. The van der Waals surface area contributed by atoms with Crippen LogP contribution in [0.3, 0.4) is 0 Å². The molecule has 0 unspecified atom stereocenters. The Kier molecular flexibility index (Phi) is 3.85.